The van der Waals surface area contributed by atoms with Crippen molar-refractivity contribution < 1.29 is 9.13 Å². The molecule has 100 valence electrons. The molecule has 0 aliphatic carbocycles. The zero-order valence-electron chi connectivity index (χ0n) is 9.80. The zero-order chi connectivity index (χ0) is 13.8. The van der Waals surface area contributed by atoms with Crippen LogP contribution in [-0.2, 0) is 12.5 Å². The van der Waals surface area contributed by atoms with Crippen LogP contribution in [0.4, 0.5) is 4.39 Å². The lowest BCUT2D eigenvalue weighted by Crippen LogP contribution is -1.99. The van der Waals surface area contributed by atoms with Gasteiger partial charge in [0.05, 0.1) is 4.47 Å². The second-order valence-corrected chi connectivity index (χ2v) is 5.48. The van der Waals surface area contributed by atoms with E-state index in [1.165, 1.54) is 12.1 Å². The van der Waals surface area contributed by atoms with E-state index in [0.717, 1.165) is 10.0 Å². The summed E-state index contributed by atoms with van der Waals surface area (Å²) in [5.74, 6) is 0.730. The van der Waals surface area contributed by atoms with Crippen LogP contribution in [0.2, 0.25) is 5.02 Å². The molecule has 0 bridgehead atoms. The van der Waals surface area contributed by atoms with Crippen molar-refractivity contribution in [2.45, 2.75) is 12.5 Å². The van der Waals surface area contributed by atoms with Gasteiger partial charge in [0.15, 0.2) is 0 Å². The third kappa shape index (κ3) is 3.85. The Hall–Kier alpha value is -0.770. The van der Waals surface area contributed by atoms with Crippen molar-refractivity contribution in [3.05, 3.63) is 62.8 Å². The Bertz CT molecular complexity index is 590. The first kappa shape index (κ1) is 14.6. The molecule has 0 amide bonds. The summed E-state index contributed by atoms with van der Waals surface area (Å²) in [6, 6.07) is 9.92. The normalized spacial score (nSPS) is 10.5. The monoisotopic (exact) mass is 362 g/mol. The second-order valence-electron chi connectivity index (χ2n) is 3.92. The summed E-state index contributed by atoms with van der Waals surface area (Å²) in [5, 5.41) is 0.483. The molecule has 5 heteroatoms. The van der Waals surface area contributed by atoms with Crippen LogP contribution in [0.5, 0.6) is 5.75 Å². The van der Waals surface area contributed by atoms with Gasteiger partial charge in [0, 0.05) is 16.5 Å². The van der Waals surface area contributed by atoms with E-state index in [0.29, 0.717) is 22.2 Å². The van der Waals surface area contributed by atoms with E-state index in [4.69, 9.17) is 27.9 Å². The van der Waals surface area contributed by atoms with Gasteiger partial charge in [-0.25, -0.2) is 4.39 Å². The highest BCUT2D eigenvalue weighted by atomic mass is 79.9. The average molecular weight is 364 g/mol. The summed E-state index contributed by atoms with van der Waals surface area (Å²) in [4.78, 5) is 0. The molecule has 2 aromatic carbocycles. The van der Waals surface area contributed by atoms with Crippen molar-refractivity contribution in [2.24, 2.45) is 0 Å². The maximum Gasteiger partial charge on any atom is 0.134 e. The Morgan fingerprint density at radius 1 is 1.16 bits per heavy atom. The SMILES string of the molecule is Fc1ccc(Cl)cc1COc1ccc(CCl)cc1Br. The summed E-state index contributed by atoms with van der Waals surface area (Å²) < 4.78 is 19.9. The van der Waals surface area contributed by atoms with Gasteiger partial charge < -0.3 is 4.74 Å². The van der Waals surface area contributed by atoms with E-state index in [2.05, 4.69) is 15.9 Å². The van der Waals surface area contributed by atoms with E-state index in [-0.39, 0.29) is 12.4 Å². The Morgan fingerprint density at radius 3 is 2.63 bits per heavy atom. The molecule has 0 heterocycles. The first-order valence-corrected chi connectivity index (χ1v) is 7.22. The number of alkyl halides is 1. The lowest BCUT2D eigenvalue weighted by molar-refractivity contribution is 0.298. The summed E-state index contributed by atoms with van der Waals surface area (Å²) in [6.45, 7) is 0.116. The fourth-order valence-electron chi connectivity index (χ4n) is 1.55. The van der Waals surface area contributed by atoms with Gasteiger partial charge in [-0.05, 0) is 51.8 Å². The lowest BCUT2D eigenvalue weighted by Gasteiger charge is -2.10. The van der Waals surface area contributed by atoms with Gasteiger partial charge in [0.2, 0.25) is 0 Å². The minimum absolute atomic E-state index is 0.116. The molecule has 1 nitrogen and oxygen atoms in total. The van der Waals surface area contributed by atoms with Crippen LogP contribution < -0.4 is 4.74 Å². The molecule has 0 N–H and O–H groups in total. The van der Waals surface area contributed by atoms with E-state index < -0.39 is 0 Å². The molecule has 0 atom stereocenters. The van der Waals surface area contributed by atoms with Crippen molar-refractivity contribution in [1.82, 2.24) is 0 Å². The first-order valence-electron chi connectivity index (χ1n) is 5.51. The highest BCUT2D eigenvalue weighted by Gasteiger charge is 2.06. The van der Waals surface area contributed by atoms with Crippen molar-refractivity contribution in [2.75, 3.05) is 0 Å². The number of hydrogen-bond donors (Lipinski definition) is 0. The van der Waals surface area contributed by atoms with Gasteiger partial charge in [0.25, 0.3) is 0 Å². The third-order valence-corrected chi connectivity index (χ3v) is 3.70. The molecule has 0 aliphatic rings. The predicted molar refractivity (Wildman–Crippen MR) is 79.4 cm³/mol. The van der Waals surface area contributed by atoms with Crippen LogP contribution in [-0.4, -0.2) is 0 Å². The molecule has 2 rings (SSSR count). The molecule has 0 spiro atoms. The molecule has 0 saturated carbocycles. The minimum Gasteiger partial charge on any atom is -0.488 e. The fraction of sp³-hybridized carbons (Fsp3) is 0.143. The van der Waals surface area contributed by atoms with Crippen molar-refractivity contribution >= 4 is 39.1 Å². The summed E-state index contributed by atoms with van der Waals surface area (Å²) >= 11 is 15.0. The van der Waals surface area contributed by atoms with Gasteiger partial charge in [-0.3, -0.25) is 0 Å². The van der Waals surface area contributed by atoms with E-state index in [1.807, 2.05) is 12.1 Å². The zero-order valence-corrected chi connectivity index (χ0v) is 12.9. The number of benzene rings is 2. The maximum absolute atomic E-state index is 13.5. The van der Waals surface area contributed by atoms with Crippen LogP contribution >= 0.6 is 39.1 Å². The highest BCUT2D eigenvalue weighted by molar-refractivity contribution is 9.10. The smallest absolute Gasteiger partial charge is 0.134 e. The molecule has 2 aromatic rings. The summed E-state index contributed by atoms with van der Waals surface area (Å²) in [6.07, 6.45) is 0. The molecule has 0 unspecified atom stereocenters. The van der Waals surface area contributed by atoms with E-state index in [1.54, 1.807) is 12.1 Å². The van der Waals surface area contributed by atoms with Crippen molar-refractivity contribution in [3.63, 3.8) is 0 Å². The van der Waals surface area contributed by atoms with Crippen LogP contribution in [0, 0.1) is 5.82 Å². The van der Waals surface area contributed by atoms with Gasteiger partial charge in [-0.1, -0.05) is 17.7 Å². The maximum atomic E-state index is 13.5. The minimum atomic E-state index is -0.335. The number of hydrogen-bond acceptors (Lipinski definition) is 1. The van der Waals surface area contributed by atoms with Gasteiger partial charge in [-0.2, -0.15) is 0 Å². The second kappa shape index (κ2) is 6.60. The lowest BCUT2D eigenvalue weighted by atomic mass is 10.2. The van der Waals surface area contributed by atoms with Crippen molar-refractivity contribution in [1.29, 1.82) is 0 Å². The van der Waals surface area contributed by atoms with Crippen LogP contribution in [0.1, 0.15) is 11.1 Å². The third-order valence-electron chi connectivity index (χ3n) is 2.54. The molecule has 0 radical (unpaired) electrons. The Balaban J connectivity index is 2.12. The average Bonchev–Trinajstić information content (AvgIpc) is 2.40. The number of rotatable bonds is 4. The molecular weight excluding hydrogens is 354 g/mol. The van der Waals surface area contributed by atoms with Crippen LogP contribution in [0.25, 0.3) is 0 Å². The topological polar surface area (TPSA) is 9.23 Å². The fourth-order valence-corrected chi connectivity index (χ4v) is 2.46. The molecule has 0 fully saturated rings. The van der Waals surface area contributed by atoms with E-state index in [9.17, 15) is 4.39 Å². The van der Waals surface area contributed by atoms with Gasteiger partial charge >= 0.3 is 0 Å². The van der Waals surface area contributed by atoms with Crippen LogP contribution in [0.15, 0.2) is 40.9 Å². The standard InChI is InChI=1S/C14H10BrCl2FO/c15-12-5-9(7-16)1-4-14(12)19-8-10-6-11(17)2-3-13(10)18/h1-6H,7-8H2. The molecular formula is C14H10BrCl2FO. The van der Waals surface area contributed by atoms with Gasteiger partial charge in [0.1, 0.15) is 18.2 Å². The molecule has 19 heavy (non-hydrogen) atoms. The first-order chi connectivity index (χ1) is 9.10. The number of halogens is 4. The van der Waals surface area contributed by atoms with Gasteiger partial charge in [-0.15, -0.1) is 11.6 Å². The largest absolute Gasteiger partial charge is 0.488 e. The predicted octanol–water partition coefficient (Wildman–Crippen LogP) is 5.56. The molecule has 0 aliphatic heterocycles. The van der Waals surface area contributed by atoms with Crippen molar-refractivity contribution in [3.8, 4) is 5.75 Å². The summed E-state index contributed by atoms with van der Waals surface area (Å²) in [7, 11) is 0. The Labute approximate surface area is 129 Å². The summed E-state index contributed by atoms with van der Waals surface area (Å²) in [5.41, 5.74) is 1.40. The Kier molecular flexibility index (Phi) is 5.08. The molecule has 0 aromatic heterocycles. The quantitative estimate of drug-likeness (QED) is 0.646. The highest BCUT2D eigenvalue weighted by Crippen LogP contribution is 2.28. The molecule has 0 saturated heterocycles. The van der Waals surface area contributed by atoms with E-state index >= 15 is 0 Å². The Morgan fingerprint density at radius 2 is 1.95 bits per heavy atom. The number of ether oxygens (including phenoxy) is 1. The van der Waals surface area contributed by atoms with Crippen LogP contribution in [0.3, 0.4) is 0 Å².